The fourth-order valence-corrected chi connectivity index (χ4v) is 4.01. The molecule has 2 aromatic carbocycles. The molecular formula is C27H27N3O7. The quantitative estimate of drug-likeness (QED) is 0.219. The van der Waals surface area contributed by atoms with Crippen LogP contribution in [0.5, 0.6) is 5.75 Å². The highest BCUT2D eigenvalue weighted by Gasteiger charge is 2.43. The Morgan fingerprint density at radius 3 is 2.59 bits per heavy atom. The van der Waals surface area contributed by atoms with E-state index in [1.165, 1.54) is 12.3 Å². The third-order valence-corrected chi connectivity index (χ3v) is 6.00. The van der Waals surface area contributed by atoms with Gasteiger partial charge in [-0.15, -0.1) is 0 Å². The van der Waals surface area contributed by atoms with Crippen LogP contribution in [0, 0.1) is 11.8 Å². The van der Waals surface area contributed by atoms with Crippen molar-refractivity contribution in [2.75, 3.05) is 0 Å². The van der Waals surface area contributed by atoms with Crippen molar-refractivity contribution in [2.45, 2.75) is 50.3 Å². The molecule has 1 saturated heterocycles. The lowest BCUT2D eigenvalue weighted by molar-refractivity contribution is -0.134. The van der Waals surface area contributed by atoms with Crippen molar-refractivity contribution in [1.82, 2.24) is 9.55 Å². The molecule has 0 spiro atoms. The van der Waals surface area contributed by atoms with Crippen molar-refractivity contribution in [3.05, 3.63) is 98.3 Å². The number of hydrogen-bond acceptors (Lipinski definition) is 8. The molecule has 5 N–H and O–H groups in total. The van der Waals surface area contributed by atoms with Crippen molar-refractivity contribution < 1.29 is 24.5 Å². The molecule has 2 heterocycles. The molecule has 1 aliphatic rings. The Kier molecular flexibility index (Phi) is 8.01. The van der Waals surface area contributed by atoms with Gasteiger partial charge in [0.1, 0.15) is 23.5 Å². The SMILES string of the molecule is CC[C@H]1O[C@@H](n2cc(C#Cc3cccc(OC(=O)CC(N)c4ccccc4)c3)c(=O)[nH]c2=O)[C@H](O)[C@@H]1O. The maximum atomic E-state index is 12.4. The van der Waals surface area contributed by atoms with Crippen molar-refractivity contribution in [2.24, 2.45) is 5.73 Å². The van der Waals surface area contributed by atoms with Crippen LogP contribution in [-0.2, 0) is 9.53 Å². The number of H-pyrrole nitrogens is 1. The third kappa shape index (κ3) is 6.04. The van der Waals surface area contributed by atoms with Crippen LogP contribution in [-0.4, -0.2) is 44.0 Å². The highest BCUT2D eigenvalue weighted by Crippen LogP contribution is 2.29. The van der Waals surface area contributed by atoms with Crippen molar-refractivity contribution in [1.29, 1.82) is 0 Å². The van der Waals surface area contributed by atoms with Gasteiger partial charge in [-0.2, -0.15) is 0 Å². The van der Waals surface area contributed by atoms with Crippen LogP contribution in [0.1, 0.15) is 48.7 Å². The molecular weight excluding hydrogens is 478 g/mol. The van der Waals surface area contributed by atoms with E-state index in [2.05, 4.69) is 16.8 Å². The number of rotatable bonds is 6. The first-order chi connectivity index (χ1) is 17.8. The molecule has 3 aromatic rings. The molecule has 10 heteroatoms. The van der Waals surface area contributed by atoms with Gasteiger partial charge in [-0.3, -0.25) is 19.1 Å². The van der Waals surface area contributed by atoms with E-state index in [1.54, 1.807) is 25.1 Å². The van der Waals surface area contributed by atoms with E-state index in [1.807, 2.05) is 30.3 Å². The second-order valence-electron chi connectivity index (χ2n) is 8.64. The van der Waals surface area contributed by atoms with Crippen LogP contribution in [0.15, 0.2) is 70.4 Å². The zero-order valence-electron chi connectivity index (χ0n) is 20.0. The molecule has 37 heavy (non-hydrogen) atoms. The highest BCUT2D eigenvalue weighted by molar-refractivity contribution is 5.73. The minimum atomic E-state index is -1.35. The molecule has 5 atom stereocenters. The number of aliphatic hydroxyl groups is 2. The Morgan fingerprint density at radius 2 is 1.89 bits per heavy atom. The number of nitrogens with two attached hydrogens (primary N) is 1. The average molecular weight is 506 g/mol. The van der Waals surface area contributed by atoms with Crippen LogP contribution in [0.25, 0.3) is 0 Å². The number of esters is 1. The van der Waals surface area contributed by atoms with Gasteiger partial charge in [0, 0.05) is 17.8 Å². The van der Waals surface area contributed by atoms with Crippen LogP contribution >= 0.6 is 0 Å². The van der Waals surface area contributed by atoms with E-state index in [-0.39, 0.29) is 17.7 Å². The molecule has 192 valence electrons. The summed E-state index contributed by atoms with van der Waals surface area (Å²) in [7, 11) is 0. The van der Waals surface area contributed by atoms with Gasteiger partial charge in [0.15, 0.2) is 6.23 Å². The van der Waals surface area contributed by atoms with Crippen LogP contribution in [0.3, 0.4) is 0 Å². The first-order valence-corrected chi connectivity index (χ1v) is 11.8. The number of benzene rings is 2. The lowest BCUT2D eigenvalue weighted by atomic mass is 10.1. The van der Waals surface area contributed by atoms with Crippen LogP contribution < -0.4 is 21.7 Å². The lowest BCUT2D eigenvalue weighted by Gasteiger charge is -2.17. The molecule has 0 saturated carbocycles. The molecule has 1 aromatic heterocycles. The van der Waals surface area contributed by atoms with E-state index in [0.29, 0.717) is 12.0 Å². The minimum Gasteiger partial charge on any atom is -0.426 e. The van der Waals surface area contributed by atoms with Gasteiger partial charge in [-0.1, -0.05) is 55.2 Å². The summed E-state index contributed by atoms with van der Waals surface area (Å²) in [5, 5.41) is 20.4. The monoisotopic (exact) mass is 505 g/mol. The summed E-state index contributed by atoms with van der Waals surface area (Å²) in [5.41, 5.74) is 5.79. The van der Waals surface area contributed by atoms with Gasteiger partial charge in [-0.25, -0.2) is 4.79 Å². The molecule has 1 fully saturated rings. The summed E-state index contributed by atoms with van der Waals surface area (Å²) in [4.78, 5) is 39.2. The fourth-order valence-electron chi connectivity index (χ4n) is 4.01. The zero-order valence-corrected chi connectivity index (χ0v) is 20.0. The van der Waals surface area contributed by atoms with E-state index in [4.69, 9.17) is 15.2 Å². The smallest absolute Gasteiger partial charge is 0.330 e. The number of carbonyl (C=O) groups excluding carboxylic acids is 1. The van der Waals surface area contributed by atoms with Gasteiger partial charge in [0.2, 0.25) is 0 Å². The van der Waals surface area contributed by atoms with E-state index < -0.39 is 47.8 Å². The number of hydrogen-bond donors (Lipinski definition) is 4. The third-order valence-electron chi connectivity index (χ3n) is 6.00. The number of aromatic amines is 1. The lowest BCUT2D eigenvalue weighted by Crippen LogP contribution is -2.38. The predicted octanol–water partition coefficient (Wildman–Crippen LogP) is 0.961. The molecule has 0 bridgehead atoms. The van der Waals surface area contributed by atoms with E-state index in [0.717, 1.165) is 10.1 Å². The molecule has 10 nitrogen and oxygen atoms in total. The molecule has 0 radical (unpaired) electrons. The number of ether oxygens (including phenoxy) is 2. The molecule has 4 rings (SSSR count). The molecule has 0 aliphatic carbocycles. The summed E-state index contributed by atoms with van der Waals surface area (Å²) in [5.74, 6) is 5.25. The average Bonchev–Trinajstić information content (AvgIpc) is 3.17. The number of aliphatic hydroxyl groups excluding tert-OH is 2. The number of aromatic nitrogens is 2. The van der Waals surface area contributed by atoms with Gasteiger partial charge in [0.25, 0.3) is 5.56 Å². The topological polar surface area (TPSA) is 157 Å². The Labute approximate surface area is 212 Å². The van der Waals surface area contributed by atoms with Gasteiger partial charge >= 0.3 is 11.7 Å². The summed E-state index contributed by atoms with van der Waals surface area (Å²) in [6.45, 7) is 1.78. The summed E-state index contributed by atoms with van der Waals surface area (Å²) in [6, 6.07) is 15.2. The number of nitrogens with zero attached hydrogens (tertiary/aromatic N) is 1. The Bertz CT molecular complexity index is 1440. The van der Waals surface area contributed by atoms with E-state index in [9.17, 15) is 24.6 Å². The van der Waals surface area contributed by atoms with E-state index >= 15 is 0 Å². The summed E-state index contributed by atoms with van der Waals surface area (Å²) < 4.78 is 12.0. The van der Waals surface area contributed by atoms with Crippen molar-refractivity contribution in [3.8, 4) is 17.6 Å². The second kappa shape index (κ2) is 11.4. The Hall–Kier alpha value is -4.01. The summed E-state index contributed by atoms with van der Waals surface area (Å²) in [6.07, 6.45) is -2.75. The fraction of sp³-hybridized carbons (Fsp3) is 0.296. The molecule has 0 amide bonds. The maximum absolute atomic E-state index is 12.4. The first-order valence-electron chi connectivity index (χ1n) is 11.8. The van der Waals surface area contributed by atoms with Crippen molar-refractivity contribution in [3.63, 3.8) is 0 Å². The maximum Gasteiger partial charge on any atom is 0.330 e. The molecule has 1 aliphatic heterocycles. The minimum absolute atomic E-state index is 0.0144. The number of carbonyl (C=O) groups is 1. The van der Waals surface area contributed by atoms with Gasteiger partial charge in [0.05, 0.1) is 12.5 Å². The Morgan fingerprint density at radius 1 is 1.14 bits per heavy atom. The highest BCUT2D eigenvalue weighted by atomic mass is 16.6. The standard InChI is InChI=1S/C27H27N3O7/c1-2-21-23(32)24(33)26(37-21)30-15-18(25(34)29-27(30)35)12-11-16-7-6-10-19(13-16)36-22(31)14-20(28)17-8-4-3-5-9-17/h3-10,13,15,20-21,23-24,26,32-33H,2,14,28H2,1H3,(H,29,34,35)/t20?,21-,23-,24-,26-/m1/s1. The number of nitrogens with one attached hydrogen (secondary N) is 1. The first kappa shape index (κ1) is 26.1. The second-order valence-corrected chi connectivity index (χ2v) is 8.64. The van der Waals surface area contributed by atoms with Crippen LogP contribution in [0.2, 0.25) is 0 Å². The van der Waals surface area contributed by atoms with Gasteiger partial charge < -0.3 is 25.4 Å². The molecule has 1 unspecified atom stereocenters. The summed E-state index contributed by atoms with van der Waals surface area (Å²) >= 11 is 0. The van der Waals surface area contributed by atoms with Crippen molar-refractivity contribution >= 4 is 5.97 Å². The van der Waals surface area contributed by atoms with Gasteiger partial charge in [-0.05, 0) is 30.2 Å². The predicted molar refractivity (Wildman–Crippen MR) is 134 cm³/mol. The van der Waals surface area contributed by atoms with Crippen LogP contribution in [0.4, 0.5) is 0 Å². The largest absolute Gasteiger partial charge is 0.426 e. The Balaban J connectivity index is 1.50. The zero-order chi connectivity index (χ0) is 26.5. The normalized spacial score (nSPS) is 21.6.